The second-order valence-electron chi connectivity index (χ2n) is 4.16. The molecular formula is C13H21BrN2. The summed E-state index contributed by atoms with van der Waals surface area (Å²) in [5.74, 6) is 0.463. The molecule has 0 saturated carbocycles. The molecule has 16 heavy (non-hydrogen) atoms. The van der Waals surface area contributed by atoms with Crippen molar-refractivity contribution in [1.82, 2.24) is 10.3 Å². The van der Waals surface area contributed by atoms with Gasteiger partial charge in [0, 0.05) is 28.3 Å². The number of halogens is 1. The highest BCUT2D eigenvalue weighted by Gasteiger charge is 2.17. The monoisotopic (exact) mass is 284 g/mol. The molecule has 0 saturated heterocycles. The number of hydrogen-bond donors (Lipinski definition) is 1. The van der Waals surface area contributed by atoms with E-state index < -0.39 is 0 Å². The van der Waals surface area contributed by atoms with Crippen LogP contribution in [0.25, 0.3) is 0 Å². The lowest BCUT2D eigenvalue weighted by molar-refractivity contribution is 0.432. The van der Waals surface area contributed by atoms with Crippen molar-refractivity contribution in [1.29, 1.82) is 0 Å². The topological polar surface area (TPSA) is 24.9 Å². The SMILES string of the molecule is CCCNC(CC)C(C)c1ccc(Br)cn1. The predicted octanol–water partition coefficient (Wildman–Crippen LogP) is 3.73. The Kier molecular flexibility index (Phi) is 5.99. The second kappa shape index (κ2) is 7.02. The smallest absolute Gasteiger partial charge is 0.0448 e. The molecule has 1 aromatic heterocycles. The molecule has 0 aliphatic carbocycles. The van der Waals surface area contributed by atoms with Gasteiger partial charge in [-0.2, -0.15) is 0 Å². The molecule has 1 rings (SSSR count). The van der Waals surface area contributed by atoms with Gasteiger partial charge in [0.2, 0.25) is 0 Å². The normalized spacial score (nSPS) is 14.8. The molecule has 90 valence electrons. The van der Waals surface area contributed by atoms with Gasteiger partial charge in [-0.25, -0.2) is 0 Å². The van der Waals surface area contributed by atoms with Gasteiger partial charge >= 0.3 is 0 Å². The van der Waals surface area contributed by atoms with Crippen molar-refractivity contribution >= 4 is 15.9 Å². The van der Waals surface area contributed by atoms with E-state index in [1.165, 1.54) is 12.1 Å². The van der Waals surface area contributed by atoms with E-state index in [1.807, 2.05) is 6.20 Å². The third-order valence-electron chi connectivity index (χ3n) is 2.92. The highest BCUT2D eigenvalue weighted by molar-refractivity contribution is 9.10. The molecule has 0 bridgehead atoms. The van der Waals surface area contributed by atoms with Gasteiger partial charge in [0.1, 0.15) is 0 Å². The number of hydrogen-bond acceptors (Lipinski definition) is 2. The van der Waals surface area contributed by atoms with Gasteiger partial charge in [-0.1, -0.05) is 20.8 Å². The Bertz CT molecular complexity index is 297. The molecule has 0 fully saturated rings. The molecule has 2 atom stereocenters. The minimum absolute atomic E-state index is 0.463. The van der Waals surface area contributed by atoms with Crippen molar-refractivity contribution < 1.29 is 0 Å². The zero-order valence-corrected chi connectivity index (χ0v) is 11.9. The third-order valence-corrected chi connectivity index (χ3v) is 3.39. The minimum Gasteiger partial charge on any atom is -0.313 e. The summed E-state index contributed by atoms with van der Waals surface area (Å²) >= 11 is 3.41. The van der Waals surface area contributed by atoms with E-state index in [-0.39, 0.29) is 0 Å². The van der Waals surface area contributed by atoms with E-state index in [4.69, 9.17) is 0 Å². The maximum atomic E-state index is 4.47. The number of rotatable bonds is 6. The number of pyridine rings is 1. The lowest BCUT2D eigenvalue weighted by Gasteiger charge is -2.23. The van der Waals surface area contributed by atoms with Crippen molar-refractivity contribution in [3.8, 4) is 0 Å². The molecule has 1 heterocycles. The Hall–Kier alpha value is -0.410. The zero-order valence-electron chi connectivity index (χ0n) is 10.3. The number of nitrogens with one attached hydrogen (secondary N) is 1. The van der Waals surface area contributed by atoms with Crippen molar-refractivity contribution in [3.05, 3.63) is 28.5 Å². The Morgan fingerprint density at radius 2 is 2.12 bits per heavy atom. The summed E-state index contributed by atoms with van der Waals surface area (Å²) in [6, 6.07) is 4.68. The molecule has 1 N–H and O–H groups in total. The first-order chi connectivity index (χ1) is 7.69. The van der Waals surface area contributed by atoms with Gasteiger partial charge in [-0.05, 0) is 47.4 Å². The average Bonchev–Trinajstić information content (AvgIpc) is 2.30. The van der Waals surface area contributed by atoms with Gasteiger partial charge in [0.25, 0.3) is 0 Å². The molecular weight excluding hydrogens is 264 g/mol. The van der Waals surface area contributed by atoms with Gasteiger partial charge in [0.15, 0.2) is 0 Å². The highest BCUT2D eigenvalue weighted by atomic mass is 79.9. The van der Waals surface area contributed by atoms with Crippen LogP contribution in [0, 0.1) is 0 Å². The molecule has 0 aromatic carbocycles. The van der Waals surface area contributed by atoms with Crippen molar-refractivity contribution in [2.24, 2.45) is 0 Å². The highest BCUT2D eigenvalue weighted by Crippen LogP contribution is 2.20. The van der Waals surface area contributed by atoms with Crippen LogP contribution < -0.4 is 5.32 Å². The van der Waals surface area contributed by atoms with Gasteiger partial charge in [0.05, 0.1) is 0 Å². The lowest BCUT2D eigenvalue weighted by Crippen LogP contribution is -2.34. The summed E-state index contributed by atoms with van der Waals surface area (Å²) in [6.45, 7) is 7.75. The molecule has 3 heteroatoms. The van der Waals surface area contributed by atoms with Crippen molar-refractivity contribution in [2.75, 3.05) is 6.54 Å². The Morgan fingerprint density at radius 3 is 2.62 bits per heavy atom. The summed E-state index contributed by atoms with van der Waals surface area (Å²) in [7, 11) is 0. The summed E-state index contributed by atoms with van der Waals surface area (Å²) in [6.07, 6.45) is 4.19. The first-order valence-electron chi connectivity index (χ1n) is 6.03. The number of aromatic nitrogens is 1. The summed E-state index contributed by atoms with van der Waals surface area (Å²) in [5, 5.41) is 3.58. The lowest BCUT2D eigenvalue weighted by atomic mass is 9.95. The molecule has 0 aliphatic rings. The largest absolute Gasteiger partial charge is 0.313 e. The average molecular weight is 285 g/mol. The minimum atomic E-state index is 0.463. The number of nitrogens with zero attached hydrogens (tertiary/aromatic N) is 1. The molecule has 0 radical (unpaired) electrons. The van der Waals surface area contributed by atoms with E-state index >= 15 is 0 Å². The van der Waals surface area contributed by atoms with Crippen LogP contribution in [0.5, 0.6) is 0 Å². The van der Waals surface area contributed by atoms with E-state index in [2.05, 4.69) is 59.1 Å². The summed E-state index contributed by atoms with van der Waals surface area (Å²) in [5.41, 5.74) is 1.17. The van der Waals surface area contributed by atoms with Crippen LogP contribution in [-0.2, 0) is 0 Å². The molecule has 2 unspecified atom stereocenters. The van der Waals surface area contributed by atoms with E-state index in [1.54, 1.807) is 0 Å². The standard InChI is InChI=1S/C13H21BrN2/c1-4-8-15-12(5-2)10(3)13-7-6-11(14)9-16-13/h6-7,9-10,12,15H,4-5,8H2,1-3H3. The maximum absolute atomic E-state index is 4.47. The summed E-state index contributed by atoms with van der Waals surface area (Å²) < 4.78 is 1.04. The van der Waals surface area contributed by atoms with E-state index in [0.29, 0.717) is 12.0 Å². The molecule has 0 aliphatic heterocycles. The maximum Gasteiger partial charge on any atom is 0.0448 e. The van der Waals surface area contributed by atoms with Gasteiger partial charge < -0.3 is 5.32 Å². The Morgan fingerprint density at radius 1 is 1.38 bits per heavy atom. The quantitative estimate of drug-likeness (QED) is 0.861. The van der Waals surface area contributed by atoms with Crippen LogP contribution in [0.3, 0.4) is 0 Å². The third kappa shape index (κ3) is 3.87. The van der Waals surface area contributed by atoms with Gasteiger partial charge in [-0.15, -0.1) is 0 Å². The van der Waals surface area contributed by atoms with Crippen LogP contribution >= 0.6 is 15.9 Å². The predicted molar refractivity (Wildman–Crippen MR) is 72.7 cm³/mol. The van der Waals surface area contributed by atoms with Crippen molar-refractivity contribution in [3.63, 3.8) is 0 Å². The second-order valence-corrected chi connectivity index (χ2v) is 5.07. The van der Waals surface area contributed by atoms with Crippen LogP contribution in [0.2, 0.25) is 0 Å². The Balaban J connectivity index is 2.66. The van der Waals surface area contributed by atoms with E-state index in [9.17, 15) is 0 Å². The zero-order chi connectivity index (χ0) is 12.0. The van der Waals surface area contributed by atoms with Crippen LogP contribution in [0.15, 0.2) is 22.8 Å². The fraction of sp³-hybridized carbons (Fsp3) is 0.615. The van der Waals surface area contributed by atoms with Crippen LogP contribution in [0.4, 0.5) is 0 Å². The first kappa shape index (κ1) is 13.7. The Labute approximate surface area is 107 Å². The van der Waals surface area contributed by atoms with Gasteiger partial charge in [-0.3, -0.25) is 4.98 Å². The van der Waals surface area contributed by atoms with Crippen molar-refractivity contribution in [2.45, 2.75) is 45.6 Å². The molecule has 1 aromatic rings. The molecule has 0 spiro atoms. The van der Waals surface area contributed by atoms with E-state index in [0.717, 1.165) is 17.4 Å². The summed E-state index contributed by atoms with van der Waals surface area (Å²) in [4.78, 5) is 4.47. The van der Waals surface area contributed by atoms with Crippen LogP contribution in [-0.4, -0.2) is 17.6 Å². The first-order valence-corrected chi connectivity index (χ1v) is 6.83. The fourth-order valence-corrected chi connectivity index (χ4v) is 2.10. The van der Waals surface area contributed by atoms with Crippen LogP contribution in [0.1, 0.15) is 45.2 Å². The fourth-order valence-electron chi connectivity index (χ4n) is 1.87. The molecule has 0 amide bonds. The molecule has 2 nitrogen and oxygen atoms in total.